The van der Waals surface area contributed by atoms with Gasteiger partial charge in [0.05, 0.1) is 17.7 Å². The van der Waals surface area contributed by atoms with E-state index in [4.69, 9.17) is 31.8 Å². The molecule has 2 atom stereocenters. The maximum Gasteiger partial charge on any atom is 0.309 e. The molecular weight excluding hydrogens is 566 g/mol. The van der Waals surface area contributed by atoms with Crippen molar-refractivity contribution in [1.82, 2.24) is 14.9 Å². The number of nitrogens with two attached hydrogens (primary N) is 1. The number of carboxylic acids is 1. The van der Waals surface area contributed by atoms with Gasteiger partial charge in [0.1, 0.15) is 18.2 Å². The van der Waals surface area contributed by atoms with Crippen LogP contribution in [0.2, 0.25) is 5.02 Å². The van der Waals surface area contributed by atoms with Crippen molar-refractivity contribution in [1.29, 1.82) is 0 Å². The Hall–Kier alpha value is -3.40. The van der Waals surface area contributed by atoms with Crippen molar-refractivity contribution in [3.63, 3.8) is 0 Å². The van der Waals surface area contributed by atoms with E-state index in [2.05, 4.69) is 26.9 Å². The minimum absolute atomic E-state index is 0.298. The molecule has 2 aliphatic carbocycles. The maximum atomic E-state index is 11.5. The number of fused-ring (bicyclic) bond motifs is 3. The Balaban J connectivity index is 1.03. The van der Waals surface area contributed by atoms with Gasteiger partial charge in [0, 0.05) is 55.5 Å². The number of rotatable bonds is 10. The van der Waals surface area contributed by atoms with E-state index < -0.39 is 11.4 Å². The first-order valence-corrected chi connectivity index (χ1v) is 15.6. The molecule has 1 aromatic heterocycles. The number of carbonyl (C=O) groups is 1. The summed E-state index contributed by atoms with van der Waals surface area (Å²) in [5.74, 6) is 1.74. The molecule has 6 rings (SSSR count). The van der Waals surface area contributed by atoms with Crippen LogP contribution >= 0.6 is 11.6 Å². The zero-order valence-corrected chi connectivity index (χ0v) is 25.5. The Bertz CT molecular complexity index is 1460. The summed E-state index contributed by atoms with van der Waals surface area (Å²) in [6.07, 6.45) is 4.12. The molecule has 0 amide bonds. The lowest BCUT2D eigenvalue weighted by atomic mass is 9.88. The molecule has 2 unspecified atom stereocenters. The van der Waals surface area contributed by atoms with Gasteiger partial charge in [0.25, 0.3) is 0 Å². The number of hydrogen-bond acceptors (Lipinski definition) is 8. The fraction of sp³-hybridized carbons (Fsp3) is 0.485. The van der Waals surface area contributed by atoms with Gasteiger partial charge in [-0.3, -0.25) is 9.69 Å². The lowest BCUT2D eigenvalue weighted by molar-refractivity contribution is -0.147. The lowest BCUT2D eigenvalue weighted by Crippen LogP contribution is -2.48. The number of hydrogen-bond donors (Lipinski definition) is 2. The van der Waals surface area contributed by atoms with Gasteiger partial charge < -0.3 is 25.2 Å². The second-order valence-electron chi connectivity index (χ2n) is 12.3. The summed E-state index contributed by atoms with van der Waals surface area (Å²) in [4.78, 5) is 25.7. The molecule has 2 fully saturated rings. The van der Waals surface area contributed by atoms with Gasteiger partial charge in [-0.05, 0) is 86.4 Å². The third kappa shape index (κ3) is 6.74. The molecule has 1 saturated heterocycles. The van der Waals surface area contributed by atoms with Crippen LogP contribution in [0.15, 0.2) is 42.5 Å². The van der Waals surface area contributed by atoms with Crippen LogP contribution in [-0.4, -0.2) is 71.9 Å². The molecule has 1 aliphatic heterocycles. The molecular formula is C33H40ClN5O4. The van der Waals surface area contributed by atoms with E-state index in [9.17, 15) is 9.90 Å². The predicted octanol–water partition coefficient (Wildman–Crippen LogP) is 5.09. The minimum atomic E-state index is -0.686. The van der Waals surface area contributed by atoms with E-state index in [1.165, 1.54) is 11.1 Å². The van der Waals surface area contributed by atoms with Gasteiger partial charge in [-0.2, -0.15) is 4.98 Å². The number of halogens is 1. The monoisotopic (exact) mass is 605 g/mol. The Morgan fingerprint density at radius 3 is 2.65 bits per heavy atom. The summed E-state index contributed by atoms with van der Waals surface area (Å²) >= 11 is 6.00. The Morgan fingerprint density at radius 2 is 1.91 bits per heavy atom. The van der Waals surface area contributed by atoms with Gasteiger partial charge in [-0.1, -0.05) is 23.7 Å². The molecule has 228 valence electrons. The number of aryl methyl sites for hydroxylation is 1. The average Bonchev–Trinajstić information content (AvgIpc) is 3.41. The normalized spacial score (nSPS) is 21.8. The van der Waals surface area contributed by atoms with Gasteiger partial charge in [-0.15, -0.1) is 0 Å². The molecule has 0 spiro atoms. The highest BCUT2D eigenvalue weighted by molar-refractivity contribution is 6.30. The minimum Gasteiger partial charge on any atom is -0.489 e. The summed E-state index contributed by atoms with van der Waals surface area (Å²) in [5, 5.41) is 10.2. The van der Waals surface area contributed by atoms with Crippen molar-refractivity contribution >= 4 is 29.3 Å². The second-order valence-corrected chi connectivity index (χ2v) is 12.8. The molecule has 0 radical (unpaired) electrons. The fourth-order valence-corrected chi connectivity index (χ4v) is 6.76. The predicted molar refractivity (Wildman–Crippen MR) is 168 cm³/mol. The average molecular weight is 606 g/mol. The van der Waals surface area contributed by atoms with Crippen LogP contribution in [0.3, 0.4) is 0 Å². The number of piperazine rings is 1. The highest BCUT2D eigenvalue weighted by Gasteiger charge is 2.41. The number of aliphatic carboxylic acids is 1. The van der Waals surface area contributed by atoms with E-state index in [0.717, 1.165) is 86.8 Å². The van der Waals surface area contributed by atoms with Crippen LogP contribution in [0, 0.1) is 11.3 Å². The molecule has 3 aromatic rings. The molecule has 10 heteroatoms. The fourth-order valence-electron chi connectivity index (χ4n) is 6.64. The quantitative estimate of drug-likeness (QED) is 0.305. The van der Waals surface area contributed by atoms with Crippen molar-refractivity contribution in [3.05, 3.63) is 64.2 Å². The molecule has 9 nitrogen and oxygen atoms in total. The van der Waals surface area contributed by atoms with Crippen LogP contribution in [0.25, 0.3) is 11.3 Å². The first-order valence-electron chi connectivity index (χ1n) is 15.2. The third-order valence-electron chi connectivity index (χ3n) is 9.23. The van der Waals surface area contributed by atoms with E-state index in [-0.39, 0.29) is 0 Å². The third-order valence-corrected chi connectivity index (χ3v) is 9.49. The Labute approximate surface area is 258 Å². The van der Waals surface area contributed by atoms with Crippen molar-refractivity contribution in [2.75, 3.05) is 56.6 Å². The van der Waals surface area contributed by atoms with Gasteiger partial charge >= 0.3 is 5.97 Å². The molecule has 3 N–H and O–H groups in total. The van der Waals surface area contributed by atoms with E-state index in [0.29, 0.717) is 43.1 Å². The zero-order valence-electron chi connectivity index (χ0n) is 24.7. The van der Waals surface area contributed by atoms with Crippen LogP contribution < -0.4 is 15.4 Å². The smallest absolute Gasteiger partial charge is 0.309 e. The molecule has 3 aliphatic rings. The van der Waals surface area contributed by atoms with Crippen molar-refractivity contribution < 1.29 is 19.4 Å². The van der Waals surface area contributed by atoms with Crippen LogP contribution in [-0.2, 0) is 29.0 Å². The summed E-state index contributed by atoms with van der Waals surface area (Å²) < 4.78 is 12.1. The van der Waals surface area contributed by atoms with Crippen molar-refractivity contribution in [2.45, 2.75) is 45.6 Å². The van der Waals surface area contributed by atoms with Crippen LogP contribution in [0.1, 0.15) is 42.9 Å². The van der Waals surface area contributed by atoms with Gasteiger partial charge in [0.15, 0.2) is 0 Å². The maximum absolute atomic E-state index is 11.5. The van der Waals surface area contributed by atoms with Crippen molar-refractivity contribution in [3.8, 4) is 17.0 Å². The number of ether oxygens (including phenoxy) is 2. The van der Waals surface area contributed by atoms with Crippen LogP contribution in [0.4, 0.5) is 11.8 Å². The molecule has 0 bridgehead atoms. The standard InChI is InChI=1S/C33H40ClN5O4/c1-33(31(40)41)11-10-23(19-33)20-42-17-16-38-12-14-39(15-13-38)30-28-8-4-24-18-26(43-21-22-2-5-25(34)6-3-22)7-9-27(24)29(28)36-32(35)37-30/h2-3,5-7,9,18,23H,4,8,10-17,19-21H2,1H3,(H,40,41)(H2,35,36,37). The van der Waals surface area contributed by atoms with E-state index >= 15 is 0 Å². The van der Waals surface area contributed by atoms with E-state index in [1.807, 2.05) is 37.3 Å². The SMILES string of the molecule is CC1(C(=O)O)CCC(COCCN2CCN(c3nc(N)nc4c3CCc3cc(OCc5ccc(Cl)cc5)ccc3-4)CC2)C1. The summed E-state index contributed by atoms with van der Waals surface area (Å²) in [6, 6.07) is 13.9. The van der Waals surface area contributed by atoms with Gasteiger partial charge in [0.2, 0.25) is 5.95 Å². The first kappa shape index (κ1) is 29.7. The number of nitrogen functional groups attached to an aromatic ring is 1. The number of nitrogens with zero attached hydrogens (tertiary/aromatic N) is 4. The summed E-state index contributed by atoms with van der Waals surface area (Å²) in [6.45, 7) is 8.10. The molecule has 43 heavy (non-hydrogen) atoms. The number of benzene rings is 2. The lowest BCUT2D eigenvalue weighted by Gasteiger charge is -2.37. The Kier molecular flexibility index (Phi) is 8.75. The number of carboxylic acid groups (broad SMARTS) is 1. The Morgan fingerprint density at radius 1 is 1.12 bits per heavy atom. The van der Waals surface area contributed by atoms with Crippen LogP contribution in [0.5, 0.6) is 5.75 Å². The highest BCUT2D eigenvalue weighted by atomic mass is 35.5. The summed E-state index contributed by atoms with van der Waals surface area (Å²) in [5.41, 5.74) is 11.1. The molecule has 2 heterocycles. The molecule has 2 aromatic carbocycles. The van der Waals surface area contributed by atoms with E-state index in [1.54, 1.807) is 0 Å². The largest absolute Gasteiger partial charge is 0.489 e. The topological polar surface area (TPSA) is 114 Å². The highest BCUT2D eigenvalue weighted by Crippen LogP contribution is 2.42. The van der Waals surface area contributed by atoms with Gasteiger partial charge in [-0.25, -0.2) is 4.98 Å². The molecule has 1 saturated carbocycles. The first-order chi connectivity index (χ1) is 20.8. The summed E-state index contributed by atoms with van der Waals surface area (Å²) in [7, 11) is 0. The zero-order chi connectivity index (χ0) is 30.0. The number of anilines is 2. The van der Waals surface area contributed by atoms with Crippen molar-refractivity contribution in [2.24, 2.45) is 11.3 Å². The number of aromatic nitrogens is 2. The second kappa shape index (κ2) is 12.7.